The van der Waals surface area contributed by atoms with Crippen LogP contribution in [0, 0.1) is 12.3 Å². The fraction of sp³-hybridized carbons (Fsp3) is 0.375. The van der Waals surface area contributed by atoms with Gasteiger partial charge in [-0.15, -0.1) is 6.42 Å². The van der Waals surface area contributed by atoms with Crippen LogP contribution < -0.4 is 5.32 Å². The first-order valence-corrected chi connectivity index (χ1v) is 3.17. The number of carbonyl (C=O) groups is 1. The fourth-order valence-corrected chi connectivity index (χ4v) is 0.487. The lowest BCUT2D eigenvalue weighted by molar-refractivity contribution is -0.115. The summed E-state index contributed by atoms with van der Waals surface area (Å²) in [6.07, 6.45) is 9.55. The van der Waals surface area contributed by atoms with Gasteiger partial charge in [0.25, 0.3) is 5.91 Å². The summed E-state index contributed by atoms with van der Waals surface area (Å²) in [5.41, 5.74) is 0. The molecule has 0 atom stereocenters. The molecule has 0 fully saturated rings. The number of carbonyl (C=O) groups excluding carboxylic acids is 1. The largest absolute Gasteiger partial charge is 0.345 e. The maximum absolute atomic E-state index is 10.4. The summed E-state index contributed by atoms with van der Waals surface area (Å²) in [4.78, 5) is 10.4. The first-order valence-electron chi connectivity index (χ1n) is 3.17. The summed E-state index contributed by atoms with van der Waals surface area (Å²) in [6, 6.07) is 0. The number of hydrogen-bond donors (Lipinski definition) is 1. The first-order chi connectivity index (χ1) is 4.81. The van der Waals surface area contributed by atoms with Gasteiger partial charge in [0.05, 0.1) is 0 Å². The number of terminal acetylenes is 1. The molecule has 0 saturated heterocycles. The minimum atomic E-state index is -0.343. The lowest BCUT2D eigenvalue weighted by atomic mass is 10.4. The van der Waals surface area contributed by atoms with Crippen molar-refractivity contribution in [2.45, 2.75) is 13.3 Å². The molecule has 0 aliphatic carbocycles. The van der Waals surface area contributed by atoms with Gasteiger partial charge >= 0.3 is 0 Å². The van der Waals surface area contributed by atoms with Crippen molar-refractivity contribution in [1.82, 2.24) is 5.32 Å². The minimum Gasteiger partial charge on any atom is -0.345 e. The van der Waals surface area contributed by atoms with Gasteiger partial charge in [-0.3, -0.25) is 4.79 Å². The maximum Gasteiger partial charge on any atom is 0.295 e. The van der Waals surface area contributed by atoms with Crippen LogP contribution in [0.5, 0.6) is 0 Å². The standard InChI is InChI=1S/C8H11NO/c1-3-5-6-7-9-8(10)4-2/h2-3,5H,6-7H2,1H3,(H,9,10)/b5-3+. The molecule has 0 aromatic heterocycles. The Labute approximate surface area is 61.3 Å². The SMILES string of the molecule is C#CC(=O)NCC/C=C/C. The van der Waals surface area contributed by atoms with Crippen LogP contribution in [0.2, 0.25) is 0 Å². The molecule has 0 unspecified atom stereocenters. The molecule has 1 N–H and O–H groups in total. The van der Waals surface area contributed by atoms with Crippen LogP contribution in [0.3, 0.4) is 0 Å². The molecular weight excluding hydrogens is 126 g/mol. The molecule has 0 rings (SSSR count). The van der Waals surface area contributed by atoms with Crippen LogP contribution >= 0.6 is 0 Å². The Morgan fingerprint density at radius 3 is 3.00 bits per heavy atom. The molecule has 2 heteroatoms. The highest BCUT2D eigenvalue weighted by Gasteiger charge is 1.88. The van der Waals surface area contributed by atoms with Crippen molar-refractivity contribution < 1.29 is 4.79 Å². The lowest BCUT2D eigenvalue weighted by Crippen LogP contribution is -2.21. The second-order valence-corrected chi connectivity index (χ2v) is 1.76. The molecule has 0 aromatic carbocycles. The zero-order valence-corrected chi connectivity index (χ0v) is 6.05. The third-order valence-electron chi connectivity index (χ3n) is 0.963. The van der Waals surface area contributed by atoms with Gasteiger partial charge in [-0.25, -0.2) is 0 Å². The van der Waals surface area contributed by atoms with Gasteiger partial charge in [0.1, 0.15) is 0 Å². The van der Waals surface area contributed by atoms with E-state index in [1.807, 2.05) is 25.0 Å². The van der Waals surface area contributed by atoms with Crippen molar-refractivity contribution in [2.75, 3.05) is 6.54 Å². The molecule has 0 aliphatic rings. The van der Waals surface area contributed by atoms with E-state index in [9.17, 15) is 4.79 Å². The van der Waals surface area contributed by atoms with E-state index in [4.69, 9.17) is 6.42 Å². The summed E-state index contributed by atoms with van der Waals surface area (Å²) in [5, 5.41) is 2.54. The van der Waals surface area contributed by atoms with Gasteiger partial charge in [-0.2, -0.15) is 0 Å². The molecule has 0 spiro atoms. The highest BCUT2D eigenvalue weighted by molar-refractivity contribution is 5.92. The van der Waals surface area contributed by atoms with E-state index in [1.165, 1.54) is 0 Å². The molecule has 0 radical (unpaired) electrons. The molecule has 0 heterocycles. The van der Waals surface area contributed by atoms with E-state index in [1.54, 1.807) is 0 Å². The zero-order valence-electron chi connectivity index (χ0n) is 6.05. The second-order valence-electron chi connectivity index (χ2n) is 1.76. The molecule has 10 heavy (non-hydrogen) atoms. The van der Waals surface area contributed by atoms with Crippen LogP contribution in [0.4, 0.5) is 0 Å². The topological polar surface area (TPSA) is 29.1 Å². The smallest absolute Gasteiger partial charge is 0.295 e. The molecule has 0 aliphatic heterocycles. The average Bonchev–Trinajstić information content (AvgIpc) is 1.98. The highest BCUT2D eigenvalue weighted by Crippen LogP contribution is 1.78. The summed E-state index contributed by atoms with van der Waals surface area (Å²) in [7, 11) is 0. The quantitative estimate of drug-likeness (QED) is 0.346. The average molecular weight is 137 g/mol. The third kappa shape index (κ3) is 4.92. The number of nitrogens with one attached hydrogen (secondary N) is 1. The Balaban J connectivity index is 3.22. The Kier molecular flexibility index (Phi) is 5.17. The zero-order chi connectivity index (χ0) is 7.82. The van der Waals surface area contributed by atoms with Crippen LogP contribution in [-0.4, -0.2) is 12.5 Å². The van der Waals surface area contributed by atoms with Gasteiger partial charge in [0.15, 0.2) is 0 Å². The molecule has 2 nitrogen and oxygen atoms in total. The maximum atomic E-state index is 10.4. The Morgan fingerprint density at radius 2 is 2.50 bits per heavy atom. The van der Waals surface area contributed by atoms with Crippen molar-refractivity contribution in [3.05, 3.63) is 12.2 Å². The molecule has 1 amide bonds. The fourth-order valence-electron chi connectivity index (χ4n) is 0.487. The Morgan fingerprint density at radius 1 is 1.80 bits per heavy atom. The Bertz CT molecular complexity index is 165. The summed E-state index contributed by atoms with van der Waals surface area (Å²) >= 11 is 0. The van der Waals surface area contributed by atoms with Crippen LogP contribution in [0.25, 0.3) is 0 Å². The molecule has 0 bridgehead atoms. The van der Waals surface area contributed by atoms with Crippen molar-refractivity contribution in [2.24, 2.45) is 0 Å². The predicted molar refractivity (Wildman–Crippen MR) is 41.3 cm³/mol. The normalized spacial score (nSPS) is 9.20. The van der Waals surface area contributed by atoms with E-state index in [2.05, 4.69) is 5.32 Å². The molecule has 54 valence electrons. The van der Waals surface area contributed by atoms with Crippen LogP contribution in [0.1, 0.15) is 13.3 Å². The first kappa shape index (κ1) is 8.77. The number of allylic oxidation sites excluding steroid dienone is 1. The summed E-state index contributed by atoms with van der Waals surface area (Å²) < 4.78 is 0. The van der Waals surface area contributed by atoms with Crippen molar-refractivity contribution >= 4 is 5.91 Å². The van der Waals surface area contributed by atoms with Crippen molar-refractivity contribution in [3.8, 4) is 12.3 Å². The number of hydrogen-bond acceptors (Lipinski definition) is 1. The van der Waals surface area contributed by atoms with Gasteiger partial charge in [0.2, 0.25) is 0 Å². The predicted octanol–water partition coefficient (Wildman–Crippen LogP) is 0.702. The van der Waals surface area contributed by atoms with E-state index in [0.717, 1.165) is 6.42 Å². The monoisotopic (exact) mass is 137 g/mol. The van der Waals surface area contributed by atoms with E-state index in [0.29, 0.717) is 6.54 Å². The van der Waals surface area contributed by atoms with Gasteiger partial charge < -0.3 is 5.32 Å². The lowest BCUT2D eigenvalue weighted by Gasteiger charge is -1.94. The van der Waals surface area contributed by atoms with Crippen molar-refractivity contribution in [1.29, 1.82) is 0 Å². The van der Waals surface area contributed by atoms with Crippen LogP contribution in [0.15, 0.2) is 12.2 Å². The summed E-state index contributed by atoms with van der Waals surface area (Å²) in [5.74, 6) is 1.62. The Hall–Kier alpha value is -1.23. The van der Waals surface area contributed by atoms with E-state index < -0.39 is 0 Å². The molecule has 0 aromatic rings. The van der Waals surface area contributed by atoms with Gasteiger partial charge in [0, 0.05) is 6.54 Å². The number of rotatable bonds is 3. The second kappa shape index (κ2) is 5.90. The molecular formula is C8H11NO. The van der Waals surface area contributed by atoms with Gasteiger partial charge in [-0.1, -0.05) is 12.2 Å². The molecule has 0 saturated carbocycles. The number of amides is 1. The third-order valence-corrected chi connectivity index (χ3v) is 0.963. The van der Waals surface area contributed by atoms with E-state index in [-0.39, 0.29) is 5.91 Å². The van der Waals surface area contributed by atoms with Crippen LogP contribution in [-0.2, 0) is 4.79 Å². The minimum absolute atomic E-state index is 0.343. The van der Waals surface area contributed by atoms with E-state index >= 15 is 0 Å². The highest BCUT2D eigenvalue weighted by atomic mass is 16.1. The van der Waals surface area contributed by atoms with Gasteiger partial charge in [-0.05, 0) is 19.3 Å². The summed E-state index contributed by atoms with van der Waals surface area (Å²) in [6.45, 7) is 2.55. The van der Waals surface area contributed by atoms with Crippen molar-refractivity contribution in [3.63, 3.8) is 0 Å².